The van der Waals surface area contributed by atoms with Crippen molar-refractivity contribution in [1.29, 1.82) is 0 Å². The molecule has 1 saturated carbocycles. The average molecular weight is 274 g/mol. The maximum atomic E-state index is 11.2. The van der Waals surface area contributed by atoms with E-state index in [1.54, 1.807) is 0 Å². The van der Waals surface area contributed by atoms with Crippen LogP contribution in [0.4, 0.5) is 11.4 Å². The SMILES string of the molecule is O=[N+]([O-])c1cc(Br)[n+]([O-])cc1NC1CC1. The Balaban J connectivity index is 2.39. The first-order chi connectivity index (χ1) is 7.08. The van der Waals surface area contributed by atoms with Crippen LogP contribution in [0, 0.1) is 15.3 Å². The molecule has 1 aromatic heterocycles. The van der Waals surface area contributed by atoms with Gasteiger partial charge in [-0.3, -0.25) is 10.1 Å². The Kier molecular flexibility index (Phi) is 2.47. The molecule has 0 amide bonds. The number of pyridine rings is 1. The summed E-state index contributed by atoms with van der Waals surface area (Å²) in [6.07, 6.45) is 3.17. The molecule has 0 saturated heterocycles. The normalized spacial score (nSPS) is 15.0. The first-order valence-electron chi connectivity index (χ1n) is 4.41. The second-order valence-electron chi connectivity index (χ2n) is 3.40. The molecular formula is C8H8BrN3O3. The number of rotatable bonds is 3. The monoisotopic (exact) mass is 273 g/mol. The molecular weight excluding hydrogens is 266 g/mol. The van der Waals surface area contributed by atoms with E-state index in [1.807, 2.05) is 0 Å². The Morgan fingerprint density at radius 3 is 2.80 bits per heavy atom. The van der Waals surface area contributed by atoms with Gasteiger partial charge in [0.05, 0.1) is 11.0 Å². The number of aromatic nitrogens is 1. The van der Waals surface area contributed by atoms with E-state index in [0.29, 0.717) is 4.73 Å². The summed E-state index contributed by atoms with van der Waals surface area (Å²) in [5.41, 5.74) is 0.196. The third kappa shape index (κ3) is 2.17. The van der Waals surface area contributed by atoms with Gasteiger partial charge < -0.3 is 10.5 Å². The van der Waals surface area contributed by atoms with Gasteiger partial charge in [0.2, 0.25) is 6.20 Å². The maximum Gasteiger partial charge on any atom is 0.305 e. The van der Waals surface area contributed by atoms with Gasteiger partial charge in [0.25, 0.3) is 4.60 Å². The van der Waals surface area contributed by atoms with Gasteiger partial charge in [0, 0.05) is 22.0 Å². The van der Waals surface area contributed by atoms with E-state index in [2.05, 4.69) is 21.2 Å². The number of hydrogen-bond donors (Lipinski definition) is 1. The summed E-state index contributed by atoms with van der Waals surface area (Å²) in [4.78, 5) is 10.2. The van der Waals surface area contributed by atoms with Crippen molar-refractivity contribution in [2.45, 2.75) is 18.9 Å². The average Bonchev–Trinajstić information content (AvgIpc) is 2.94. The van der Waals surface area contributed by atoms with E-state index < -0.39 is 4.92 Å². The predicted octanol–water partition coefficient (Wildman–Crippen LogP) is 1.56. The molecule has 1 aromatic rings. The Labute approximate surface area is 93.8 Å². The first kappa shape index (κ1) is 10.2. The van der Waals surface area contributed by atoms with Crippen LogP contribution < -0.4 is 10.0 Å². The molecule has 1 aliphatic rings. The summed E-state index contributed by atoms with van der Waals surface area (Å²) >= 11 is 2.95. The van der Waals surface area contributed by atoms with Crippen molar-refractivity contribution in [3.05, 3.63) is 32.2 Å². The Bertz CT molecular complexity index is 420. The summed E-state index contributed by atoms with van der Waals surface area (Å²) in [6.45, 7) is 0. The number of nitrogens with one attached hydrogen (secondary N) is 1. The molecule has 0 radical (unpaired) electrons. The minimum atomic E-state index is -0.504. The van der Waals surface area contributed by atoms with Gasteiger partial charge in [-0.15, -0.1) is 0 Å². The highest BCUT2D eigenvalue weighted by molar-refractivity contribution is 9.10. The Morgan fingerprint density at radius 1 is 1.60 bits per heavy atom. The molecule has 1 N–H and O–H groups in total. The zero-order valence-corrected chi connectivity index (χ0v) is 9.23. The quantitative estimate of drug-likeness (QED) is 0.298. The van der Waals surface area contributed by atoms with E-state index in [9.17, 15) is 15.3 Å². The van der Waals surface area contributed by atoms with Crippen LogP contribution in [-0.2, 0) is 0 Å². The fraction of sp³-hybridized carbons (Fsp3) is 0.375. The molecule has 2 rings (SSSR count). The summed E-state index contributed by atoms with van der Waals surface area (Å²) in [5.74, 6) is 0. The predicted molar refractivity (Wildman–Crippen MR) is 56.4 cm³/mol. The van der Waals surface area contributed by atoms with Crippen molar-refractivity contribution in [2.75, 3.05) is 5.32 Å². The molecule has 1 aliphatic carbocycles. The lowest BCUT2D eigenvalue weighted by Gasteiger charge is -2.05. The lowest BCUT2D eigenvalue weighted by molar-refractivity contribution is -0.617. The van der Waals surface area contributed by atoms with Crippen LogP contribution in [0.15, 0.2) is 16.9 Å². The molecule has 0 aliphatic heterocycles. The van der Waals surface area contributed by atoms with Crippen molar-refractivity contribution >= 4 is 27.3 Å². The van der Waals surface area contributed by atoms with E-state index in [-0.39, 0.29) is 22.0 Å². The number of hydrogen-bond acceptors (Lipinski definition) is 4. The maximum absolute atomic E-state index is 11.2. The third-order valence-electron chi connectivity index (χ3n) is 2.12. The zero-order chi connectivity index (χ0) is 11.0. The largest absolute Gasteiger partial charge is 0.618 e. The van der Waals surface area contributed by atoms with Crippen LogP contribution in [-0.4, -0.2) is 11.0 Å². The van der Waals surface area contributed by atoms with E-state index in [1.165, 1.54) is 12.3 Å². The second-order valence-corrected chi connectivity index (χ2v) is 4.21. The van der Waals surface area contributed by atoms with Crippen molar-refractivity contribution in [2.24, 2.45) is 0 Å². The van der Waals surface area contributed by atoms with Gasteiger partial charge in [-0.05, 0) is 12.8 Å². The molecule has 7 heteroatoms. The van der Waals surface area contributed by atoms with Gasteiger partial charge in [-0.25, -0.2) is 0 Å². The Morgan fingerprint density at radius 2 is 2.27 bits per heavy atom. The number of nitro groups is 1. The van der Waals surface area contributed by atoms with Gasteiger partial charge in [-0.2, -0.15) is 4.73 Å². The highest BCUT2D eigenvalue weighted by atomic mass is 79.9. The minimum Gasteiger partial charge on any atom is -0.618 e. The zero-order valence-electron chi connectivity index (χ0n) is 7.64. The summed E-state index contributed by atoms with van der Waals surface area (Å²) in [6, 6.07) is 1.47. The molecule has 15 heavy (non-hydrogen) atoms. The number of nitrogens with zero attached hydrogens (tertiary/aromatic N) is 2. The minimum absolute atomic E-state index is 0.0825. The standard InChI is InChI=1S/C8H8BrN3O3/c9-8-3-7(12(14)15)6(4-11(8)13)10-5-1-2-5/h3-5,10H,1-2H2. The third-order valence-corrected chi connectivity index (χ3v) is 2.70. The Hall–Kier alpha value is -1.37. The van der Waals surface area contributed by atoms with Crippen LogP contribution in [0.2, 0.25) is 0 Å². The molecule has 80 valence electrons. The fourth-order valence-corrected chi connectivity index (χ4v) is 1.53. The molecule has 1 fully saturated rings. The summed E-state index contributed by atoms with van der Waals surface area (Å²) in [5, 5.41) is 24.9. The van der Waals surface area contributed by atoms with E-state index in [0.717, 1.165) is 12.8 Å². The smallest absolute Gasteiger partial charge is 0.305 e. The molecule has 0 spiro atoms. The highest BCUT2D eigenvalue weighted by Crippen LogP contribution is 2.30. The van der Waals surface area contributed by atoms with Crippen LogP contribution in [0.5, 0.6) is 0 Å². The first-order valence-corrected chi connectivity index (χ1v) is 5.21. The van der Waals surface area contributed by atoms with Crippen LogP contribution in [0.25, 0.3) is 0 Å². The van der Waals surface area contributed by atoms with Crippen LogP contribution in [0.3, 0.4) is 0 Å². The van der Waals surface area contributed by atoms with Crippen molar-refractivity contribution < 1.29 is 9.65 Å². The van der Waals surface area contributed by atoms with Gasteiger partial charge in [0.15, 0.2) is 5.69 Å². The molecule has 6 nitrogen and oxygen atoms in total. The second kappa shape index (κ2) is 3.65. The molecule has 0 atom stereocenters. The number of anilines is 1. The van der Waals surface area contributed by atoms with E-state index in [4.69, 9.17) is 0 Å². The van der Waals surface area contributed by atoms with Crippen molar-refractivity contribution in [3.63, 3.8) is 0 Å². The topological polar surface area (TPSA) is 82.1 Å². The van der Waals surface area contributed by atoms with Crippen LogP contribution in [0.1, 0.15) is 12.8 Å². The van der Waals surface area contributed by atoms with Crippen molar-refractivity contribution in [3.8, 4) is 0 Å². The molecule has 0 unspecified atom stereocenters. The lowest BCUT2D eigenvalue weighted by Crippen LogP contribution is -2.28. The molecule has 0 bridgehead atoms. The fourth-order valence-electron chi connectivity index (χ4n) is 1.21. The highest BCUT2D eigenvalue weighted by Gasteiger charge is 2.27. The van der Waals surface area contributed by atoms with Crippen LogP contribution >= 0.6 is 15.9 Å². The molecule has 1 heterocycles. The van der Waals surface area contributed by atoms with Gasteiger partial charge in [-0.1, -0.05) is 0 Å². The summed E-state index contributed by atoms with van der Waals surface area (Å²) in [7, 11) is 0. The van der Waals surface area contributed by atoms with Crippen molar-refractivity contribution in [1.82, 2.24) is 0 Å². The summed E-state index contributed by atoms with van der Waals surface area (Å²) < 4.78 is 0.688. The number of halogens is 1. The van der Waals surface area contributed by atoms with Gasteiger partial charge in [0.1, 0.15) is 0 Å². The van der Waals surface area contributed by atoms with Gasteiger partial charge >= 0.3 is 5.69 Å². The molecule has 0 aromatic carbocycles. The van der Waals surface area contributed by atoms with E-state index >= 15 is 0 Å². The lowest BCUT2D eigenvalue weighted by atomic mass is 10.3.